The first-order chi connectivity index (χ1) is 18.5. The zero-order valence-corrected chi connectivity index (χ0v) is 24.0. The lowest BCUT2D eigenvalue weighted by Crippen LogP contribution is -2.47. The third-order valence-electron chi connectivity index (χ3n) is 7.10. The molecule has 0 amide bonds. The second-order valence-corrected chi connectivity index (χ2v) is 13.9. The van der Waals surface area contributed by atoms with E-state index >= 15 is 0 Å². The molecule has 3 N–H and O–H groups in total. The summed E-state index contributed by atoms with van der Waals surface area (Å²) in [5.74, 6) is 0.761. The number of piperidine rings is 1. The smallest absolute Gasteiger partial charge is 0.246 e. The van der Waals surface area contributed by atoms with Gasteiger partial charge in [0.15, 0.2) is 0 Å². The van der Waals surface area contributed by atoms with Crippen LogP contribution in [0.2, 0.25) is 0 Å². The molecule has 2 atom stereocenters. The highest BCUT2D eigenvalue weighted by atomic mass is 32.2. The second kappa shape index (κ2) is 12.0. The van der Waals surface area contributed by atoms with Gasteiger partial charge in [-0.25, -0.2) is 26.5 Å². The molecule has 0 aliphatic carbocycles. The topological polar surface area (TPSA) is 150 Å². The Labute approximate surface area is 230 Å². The molecule has 2 saturated heterocycles. The van der Waals surface area contributed by atoms with E-state index < -0.39 is 31.8 Å². The molecule has 3 heterocycles. The van der Waals surface area contributed by atoms with Crippen LogP contribution in [0.4, 0.5) is 5.82 Å². The predicted molar refractivity (Wildman–Crippen MR) is 146 cm³/mol. The van der Waals surface area contributed by atoms with Crippen LogP contribution in [0.5, 0.6) is 5.75 Å². The molecule has 39 heavy (non-hydrogen) atoms. The summed E-state index contributed by atoms with van der Waals surface area (Å²) in [6.45, 7) is 1.45. The third kappa shape index (κ3) is 6.88. The van der Waals surface area contributed by atoms with Gasteiger partial charge in [-0.05, 0) is 50.6 Å². The van der Waals surface area contributed by atoms with Crippen LogP contribution in [0, 0.1) is 0 Å². The first-order valence-electron chi connectivity index (χ1n) is 12.8. The van der Waals surface area contributed by atoms with Crippen molar-refractivity contribution < 1.29 is 31.4 Å². The van der Waals surface area contributed by atoms with Crippen molar-refractivity contribution in [3.05, 3.63) is 42.6 Å². The van der Waals surface area contributed by atoms with Gasteiger partial charge in [-0.15, -0.1) is 0 Å². The van der Waals surface area contributed by atoms with Crippen LogP contribution in [-0.4, -0.2) is 103 Å². The molecule has 2 fully saturated rings. The van der Waals surface area contributed by atoms with Crippen molar-refractivity contribution in [1.29, 1.82) is 0 Å². The number of ether oxygens (including phenoxy) is 2. The summed E-state index contributed by atoms with van der Waals surface area (Å²) in [7, 11) is -2.40. The number of rotatable bonds is 11. The number of aliphatic hydroxyl groups excluding tert-OH is 1. The van der Waals surface area contributed by atoms with Crippen molar-refractivity contribution in [2.24, 2.45) is 0 Å². The molecule has 14 heteroatoms. The molecule has 0 radical (unpaired) electrons. The molecule has 2 unspecified atom stereocenters. The summed E-state index contributed by atoms with van der Waals surface area (Å²) >= 11 is 0. The van der Waals surface area contributed by atoms with E-state index in [1.165, 1.54) is 23.5 Å². The van der Waals surface area contributed by atoms with Crippen LogP contribution >= 0.6 is 0 Å². The Bertz CT molecular complexity index is 1350. The molecule has 4 rings (SSSR count). The van der Waals surface area contributed by atoms with Gasteiger partial charge in [0.05, 0.1) is 17.1 Å². The standard InChI is InChI=1S/C25H37N5O7S2/c1-26-38(32,33)22-7-4-6-21(14-22)36-18-20(31)16-28-19-15-25(37-17-19)9-12-30(13-10-25)39(34,35)23-8-5-11-27-24(23)29(2)3/h4-8,11,14,19-20,26,28,31H,9-10,12-13,15-18H2,1-3H3. The Kier molecular flexibility index (Phi) is 9.15. The van der Waals surface area contributed by atoms with Gasteiger partial charge in [0, 0.05) is 52.0 Å². The molecule has 12 nitrogen and oxygen atoms in total. The van der Waals surface area contributed by atoms with Crippen molar-refractivity contribution in [3.63, 3.8) is 0 Å². The number of anilines is 1. The lowest BCUT2D eigenvalue weighted by atomic mass is 9.88. The lowest BCUT2D eigenvalue weighted by molar-refractivity contribution is -0.0312. The molecule has 1 aromatic carbocycles. The van der Waals surface area contributed by atoms with Crippen LogP contribution in [-0.2, 0) is 24.8 Å². The van der Waals surface area contributed by atoms with Crippen LogP contribution in [0.1, 0.15) is 19.3 Å². The number of hydrogen-bond donors (Lipinski definition) is 3. The van der Waals surface area contributed by atoms with Crippen molar-refractivity contribution in [2.45, 2.75) is 46.8 Å². The SMILES string of the molecule is CNS(=O)(=O)c1cccc(OCC(O)CNC2COC3(CCN(S(=O)(=O)c4cccnc4N(C)C)CC3)C2)c1. The quantitative estimate of drug-likeness (QED) is 0.339. The molecule has 2 aliphatic heterocycles. The Morgan fingerprint density at radius 1 is 1.21 bits per heavy atom. The highest BCUT2D eigenvalue weighted by Gasteiger charge is 2.45. The Hall–Kier alpha value is -2.33. The first-order valence-corrected chi connectivity index (χ1v) is 15.7. The van der Waals surface area contributed by atoms with Crippen molar-refractivity contribution in [1.82, 2.24) is 19.3 Å². The van der Waals surface area contributed by atoms with E-state index in [9.17, 15) is 21.9 Å². The number of aliphatic hydroxyl groups is 1. The van der Waals surface area contributed by atoms with E-state index in [2.05, 4.69) is 15.0 Å². The van der Waals surface area contributed by atoms with Gasteiger partial charge in [-0.3, -0.25) is 0 Å². The molecule has 2 aromatic rings. The summed E-state index contributed by atoms with van der Waals surface area (Å²) in [6, 6.07) is 9.32. The van der Waals surface area contributed by atoms with Gasteiger partial charge in [0.2, 0.25) is 20.0 Å². The Balaban J connectivity index is 1.25. The van der Waals surface area contributed by atoms with Crippen LogP contribution < -0.4 is 19.7 Å². The Morgan fingerprint density at radius 2 is 1.95 bits per heavy atom. The molecule has 2 aliphatic rings. The predicted octanol–water partition coefficient (Wildman–Crippen LogP) is 0.397. The largest absolute Gasteiger partial charge is 0.491 e. The van der Waals surface area contributed by atoms with Gasteiger partial charge >= 0.3 is 0 Å². The molecular formula is C25H37N5O7S2. The number of aromatic nitrogens is 1. The molecule has 1 spiro atoms. The summed E-state index contributed by atoms with van der Waals surface area (Å²) < 4.78 is 66.1. The average Bonchev–Trinajstić information content (AvgIpc) is 3.33. The van der Waals surface area contributed by atoms with Crippen LogP contribution in [0.3, 0.4) is 0 Å². The Morgan fingerprint density at radius 3 is 2.64 bits per heavy atom. The normalized spacial score (nSPS) is 20.7. The number of hydrogen-bond acceptors (Lipinski definition) is 10. The lowest BCUT2D eigenvalue weighted by Gasteiger charge is -2.38. The fourth-order valence-electron chi connectivity index (χ4n) is 4.92. The molecule has 1 aromatic heterocycles. The molecular weight excluding hydrogens is 546 g/mol. The minimum atomic E-state index is -3.69. The fraction of sp³-hybridized carbons (Fsp3) is 0.560. The monoisotopic (exact) mass is 583 g/mol. The zero-order chi connectivity index (χ0) is 28.3. The maximum Gasteiger partial charge on any atom is 0.246 e. The zero-order valence-electron chi connectivity index (χ0n) is 22.4. The highest BCUT2D eigenvalue weighted by Crippen LogP contribution is 2.38. The highest BCUT2D eigenvalue weighted by molar-refractivity contribution is 7.89. The maximum atomic E-state index is 13.3. The summed E-state index contributed by atoms with van der Waals surface area (Å²) in [5.41, 5.74) is -0.399. The third-order valence-corrected chi connectivity index (χ3v) is 10.4. The van der Waals surface area contributed by atoms with Gasteiger partial charge in [-0.1, -0.05) is 6.07 Å². The minimum Gasteiger partial charge on any atom is -0.491 e. The van der Waals surface area contributed by atoms with E-state index in [0.29, 0.717) is 50.5 Å². The van der Waals surface area contributed by atoms with E-state index in [0.717, 1.165) is 0 Å². The maximum absolute atomic E-state index is 13.3. The summed E-state index contributed by atoms with van der Waals surface area (Å²) in [6.07, 6.45) is 2.65. The number of sulfonamides is 2. The van der Waals surface area contributed by atoms with Crippen molar-refractivity contribution in [2.75, 3.05) is 58.9 Å². The number of nitrogens with zero attached hydrogens (tertiary/aromatic N) is 3. The second-order valence-electron chi connectivity index (χ2n) is 10.1. The van der Waals surface area contributed by atoms with Crippen molar-refractivity contribution in [3.8, 4) is 5.75 Å². The van der Waals surface area contributed by atoms with E-state index in [1.54, 1.807) is 49.5 Å². The number of benzene rings is 1. The fourth-order valence-corrected chi connectivity index (χ4v) is 7.34. The van der Waals surface area contributed by atoms with E-state index in [4.69, 9.17) is 9.47 Å². The van der Waals surface area contributed by atoms with Gasteiger partial charge in [0.25, 0.3) is 0 Å². The molecule has 0 saturated carbocycles. The summed E-state index contributed by atoms with van der Waals surface area (Å²) in [4.78, 5) is 6.21. The first kappa shape index (κ1) is 29.6. The van der Waals surface area contributed by atoms with Gasteiger partial charge < -0.3 is 24.8 Å². The van der Waals surface area contributed by atoms with Crippen LogP contribution in [0.25, 0.3) is 0 Å². The summed E-state index contributed by atoms with van der Waals surface area (Å²) in [5, 5.41) is 13.7. The van der Waals surface area contributed by atoms with E-state index in [1.807, 2.05) is 0 Å². The number of pyridine rings is 1. The number of nitrogens with one attached hydrogen (secondary N) is 2. The van der Waals surface area contributed by atoms with E-state index in [-0.39, 0.29) is 29.0 Å². The van der Waals surface area contributed by atoms with Gasteiger partial charge in [-0.2, -0.15) is 4.31 Å². The van der Waals surface area contributed by atoms with Crippen LogP contribution in [0.15, 0.2) is 52.4 Å². The average molecular weight is 584 g/mol. The molecule has 216 valence electrons. The van der Waals surface area contributed by atoms with Gasteiger partial charge in [0.1, 0.15) is 29.2 Å². The molecule has 0 bridgehead atoms. The minimum absolute atomic E-state index is 0.00905. The van der Waals surface area contributed by atoms with Crippen molar-refractivity contribution >= 4 is 25.9 Å².